The molecule has 1 atom stereocenters. The number of hydrogen-bond acceptors (Lipinski definition) is 2. The summed E-state index contributed by atoms with van der Waals surface area (Å²) in [6.45, 7) is 1.77. The van der Waals surface area contributed by atoms with Crippen LogP contribution < -0.4 is 0 Å². The zero-order valence-corrected chi connectivity index (χ0v) is 13.0. The van der Waals surface area contributed by atoms with Crippen LogP contribution in [0.25, 0.3) is 0 Å². The SMILES string of the molecule is CC(CN(C)C(=O)C1(c2ccc(F)cc2)CCCC1)C(=O)O. The van der Waals surface area contributed by atoms with E-state index in [-0.39, 0.29) is 18.3 Å². The summed E-state index contributed by atoms with van der Waals surface area (Å²) < 4.78 is 13.2. The molecule has 1 amide bonds. The van der Waals surface area contributed by atoms with Gasteiger partial charge in [-0.1, -0.05) is 31.9 Å². The van der Waals surface area contributed by atoms with Gasteiger partial charge in [0.15, 0.2) is 0 Å². The Bertz CT molecular complexity index is 550. The van der Waals surface area contributed by atoms with Crippen LogP contribution in [0.15, 0.2) is 24.3 Å². The number of amides is 1. The van der Waals surface area contributed by atoms with E-state index in [1.54, 1.807) is 26.1 Å². The van der Waals surface area contributed by atoms with Crippen LogP contribution in [0, 0.1) is 11.7 Å². The first-order chi connectivity index (χ1) is 10.4. The highest BCUT2D eigenvalue weighted by Crippen LogP contribution is 2.42. The number of carboxylic acids is 1. The van der Waals surface area contributed by atoms with Crippen LogP contribution in [0.3, 0.4) is 0 Å². The van der Waals surface area contributed by atoms with Crippen LogP contribution in [0.2, 0.25) is 0 Å². The van der Waals surface area contributed by atoms with Gasteiger partial charge < -0.3 is 10.0 Å². The standard InChI is InChI=1S/C17H22FNO3/c1-12(15(20)21)11-19(2)16(22)17(9-3-4-10-17)13-5-7-14(18)8-6-13/h5-8,12H,3-4,9-11H2,1-2H3,(H,20,21). The molecule has 1 N–H and O–H groups in total. The number of aliphatic carboxylic acids is 1. The van der Waals surface area contributed by atoms with Gasteiger partial charge in [-0.05, 0) is 30.5 Å². The fourth-order valence-electron chi connectivity index (χ4n) is 3.31. The Morgan fingerprint density at radius 1 is 1.27 bits per heavy atom. The van der Waals surface area contributed by atoms with Gasteiger partial charge >= 0.3 is 5.97 Å². The summed E-state index contributed by atoms with van der Waals surface area (Å²) in [5, 5.41) is 9.01. The van der Waals surface area contributed by atoms with Crippen molar-refractivity contribution in [2.75, 3.05) is 13.6 Å². The summed E-state index contributed by atoms with van der Waals surface area (Å²) in [5.41, 5.74) is 0.187. The minimum absolute atomic E-state index is 0.0651. The normalized spacial score (nSPS) is 18.0. The van der Waals surface area contributed by atoms with Crippen molar-refractivity contribution in [2.24, 2.45) is 5.92 Å². The quantitative estimate of drug-likeness (QED) is 0.910. The second kappa shape index (κ2) is 6.46. The van der Waals surface area contributed by atoms with Crippen LogP contribution in [0.5, 0.6) is 0 Å². The van der Waals surface area contributed by atoms with Gasteiger partial charge in [0.05, 0.1) is 11.3 Å². The van der Waals surface area contributed by atoms with Gasteiger partial charge in [0.25, 0.3) is 0 Å². The molecule has 0 aromatic heterocycles. The molecule has 0 spiro atoms. The lowest BCUT2D eigenvalue weighted by Crippen LogP contribution is -2.45. The highest BCUT2D eigenvalue weighted by Gasteiger charge is 2.44. The molecule has 1 aliphatic rings. The smallest absolute Gasteiger partial charge is 0.308 e. The van der Waals surface area contributed by atoms with E-state index in [0.29, 0.717) is 0 Å². The molecule has 5 heteroatoms. The van der Waals surface area contributed by atoms with Crippen molar-refractivity contribution < 1.29 is 19.1 Å². The van der Waals surface area contributed by atoms with Gasteiger partial charge in [-0.2, -0.15) is 0 Å². The molecular weight excluding hydrogens is 285 g/mol. The second-order valence-corrected chi connectivity index (χ2v) is 6.22. The third kappa shape index (κ3) is 3.13. The molecule has 22 heavy (non-hydrogen) atoms. The number of halogens is 1. The fraction of sp³-hybridized carbons (Fsp3) is 0.529. The van der Waals surface area contributed by atoms with E-state index in [0.717, 1.165) is 31.2 Å². The van der Waals surface area contributed by atoms with Crippen LogP contribution >= 0.6 is 0 Å². The first kappa shape index (κ1) is 16.5. The van der Waals surface area contributed by atoms with E-state index in [1.807, 2.05) is 0 Å². The van der Waals surface area contributed by atoms with E-state index in [4.69, 9.17) is 5.11 Å². The van der Waals surface area contributed by atoms with E-state index in [2.05, 4.69) is 0 Å². The van der Waals surface area contributed by atoms with E-state index >= 15 is 0 Å². The van der Waals surface area contributed by atoms with E-state index < -0.39 is 17.3 Å². The number of nitrogens with zero attached hydrogens (tertiary/aromatic N) is 1. The third-order valence-electron chi connectivity index (χ3n) is 4.58. The van der Waals surface area contributed by atoms with Crippen molar-refractivity contribution in [3.63, 3.8) is 0 Å². The molecule has 1 aromatic carbocycles. The Morgan fingerprint density at radius 2 is 1.82 bits per heavy atom. The highest BCUT2D eigenvalue weighted by molar-refractivity contribution is 5.88. The van der Waals surface area contributed by atoms with Gasteiger partial charge in [0, 0.05) is 13.6 Å². The summed E-state index contributed by atoms with van der Waals surface area (Å²) in [6, 6.07) is 6.10. The number of benzene rings is 1. The fourth-order valence-corrected chi connectivity index (χ4v) is 3.31. The predicted octanol–water partition coefficient (Wildman–Crippen LogP) is 2.82. The van der Waals surface area contributed by atoms with Crippen molar-refractivity contribution in [3.8, 4) is 0 Å². The molecule has 1 saturated carbocycles. The number of carboxylic acid groups (broad SMARTS) is 1. The van der Waals surface area contributed by atoms with Crippen molar-refractivity contribution in [1.29, 1.82) is 0 Å². The molecule has 0 radical (unpaired) electrons. The second-order valence-electron chi connectivity index (χ2n) is 6.22. The first-order valence-corrected chi connectivity index (χ1v) is 7.61. The molecule has 0 aliphatic heterocycles. The van der Waals surface area contributed by atoms with E-state index in [9.17, 15) is 14.0 Å². The predicted molar refractivity (Wildman–Crippen MR) is 81.0 cm³/mol. The van der Waals surface area contributed by atoms with Crippen molar-refractivity contribution in [1.82, 2.24) is 4.90 Å². The number of carbonyl (C=O) groups excluding carboxylic acids is 1. The van der Waals surface area contributed by atoms with Gasteiger partial charge in [0.1, 0.15) is 5.82 Å². The molecule has 1 unspecified atom stereocenters. The molecule has 1 aromatic rings. The maximum absolute atomic E-state index is 13.2. The van der Waals surface area contributed by atoms with Gasteiger partial charge in [-0.25, -0.2) is 4.39 Å². The minimum Gasteiger partial charge on any atom is -0.481 e. The monoisotopic (exact) mass is 307 g/mol. The Labute approximate surface area is 129 Å². The number of rotatable bonds is 5. The zero-order chi connectivity index (χ0) is 16.3. The lowest BCUT2D eigenvalue weighted by atomic mass is 9.77. The van der Waals surface area contributed by atoms with Gasteiger partial charge in [-0.15, -0.1) is 0 Å². The third-order valence-corrected chi connectivity index (χ3v) is 4.58. The Morgan fingerprint density at radius 3 is 2.32 bits per heavy atom. The Hall–Kier alpha value is -1.91. The number of likely N-dealkylation sites (N-methyl/N-ethyl adjacent to an activating group) is 1. The van der Waals surface area contributed by atoms with Crippen molar-refractivity contribution in [2.45, 2.75) is 38.0 Å². The largest absolute Gasteiger partial charge is 0.481 e. The summed E-state index contributed by atoms with van der Waals surface area (Å²) in [6.07, 6.45) is 3.35. The highest BCUT2D eigenvalue weighted by atomic mass is 19.1. The average Bonchev–Trinajstić information content (AvgIpc) is 2.97. The molecule has 1 aliphatic carbocycles. The lowest BCUT2D eigenvalue weighted by Gasteiger charge is -2.33. The molecule has 0 saturated heterocycles. The number of hydrogen-bond donors (Lipinski definition) is 1. The molecule has 120 valence electrons. The molecule has 4 nitrogen and oxygen atoms in total. The molecular formula is C17H22FNO3. The van der Waals surface area contributed by atoms with Crippen molar-refractivity contribution >= 4 is 11.9 Å². The maximum atomic E-state index is 13.2. The summed E-state index contributed by atoms with van der Waals surface area (Å²) in [4.78, 5) is 25.4. The van der Waals surface area contributed by atoms with E-state index in [1.165, 1.54) is 17.0 Å². The molecule has 0 heterocycles. The Balaban J connectivity index is 2.25. The summed E-state index contributed by atoms with van der Waals surface area (Å²) >= 11 is 0. The van der Waals surface area contributed by atoms with Gasteiger partial charge in [0.2, 0.25) is 5.91 Å². The molecule has 1 fully saturated rings. The van der Waals surface area contributed by atoms with Crippen molar-refractivity contribution in [3.05, 3.63) is 35.6 Å². The van der Waals surface area contributed by atoms with Gasteiger partial charge in [-0.3, -0.25) is 9.59 Å². The average molecular weight is 307 g/mol. The Kier molecular flexibility index (Phi) is 4.84. The zero-order valence-electron chi connectivity index (χ0n) is 13.0. The minimum atomic E-state index is -0.915. The summed E-state index contributed by atoms with van der Waals surface area (Å²) in [7, 11) is 1.64. The van der Waals surface area contributed by atoms with Crippen LogP contribution in [-0.2, 0) is 15.0 Å². The lowest BCUT2D eigenvalue weighted by molar-refractivity contribution is -0.143. The van der Waals surface area contributed by atoms with Crippen LogP contribution in [0.4, 0.5) is 4.39 Å². The maximum Gasteiger partial charge on any atom is 0.308 e. The van der Waals surface area contributed by atoms with Crippen LogP contribution in [-0.4, -0.2) is 35.5 Å². The number of carbonyl (C=O) groups is 2. The van der Waals surface area contributed by atoms with Crippen LogP contribution in [0.1, 0.15) is 38.2 Å². The molecule has 0 bridgehead atoms. The summed E-state index contributed by atoms with van der Waals surface area (Å²) in [5.74, 6) is -1.91. The molecule has 2 rings (SSSR count). The first-order valence-electron chi connectivity index (χ1n) is 7.61. The topological polar surface area (TPSA) is 57.6 Å².